The lowest BCUT2D eigenvalue weighted by atomic mass is 10.2. The highest BCUT2D eigenvalue weighted by molar-refractivity contribution is 7.89. The van der Waals surface area contributed by atoms with E-state index >= 15 is 0 Å². The van der Waals surface area contributed by atoms with E-state index in [1.807, 2.05) is 13.8 Å². The Morgan fingerprint density at radius 3 is 2.44 bits per heavy atom. The minimum atomic E-state index is -3.59. The molecule has 3 aromatic rings. The van der Waals surface area contributed by atoms with Gasteiger partial charge >= 0.3 is 0 Å². The third-order valence-corrected chi connectivity index (χ3v) is 8.29. The molecule has 0 saturated carbocycles. The van der Waals surface area contributed by atoms with Gasteiger partial charge < -0.3 is 0 Å². The molecule has 10 heteroatoms. The van der Waals surface area contributed by atoms with Crippen LogP contribution in [0.1, 0.15) is 37.0 Å². The summed E-state index contributed by atoms with van der Waals surface area (Å²) in [5.41, 5.74) is 1.79. The monoisotopic (exact) mass is 511 g/mol. The number of carbonyl (C=O) groups is 1. The number of anilines is 1. The molecule has 0 unspecified atom stereocenters. The van der Waals surface area contributed by atoms with E-state index in [-0.39, 0.29) is 10.8 Å². The smallest absolute Gasteiger partial charge is 0.257 e. The molecule has 0 aliphatic rings. The number of halogens is 2. The van der Waals surface area contributed by atoms with Gasteiger partial charge in [-0.1, -0.05) is 49.5 Å². The van der Waals surface area contributed by atoms with Crippen molar-refractivity contribution in [2.75, 3.05) is 18.4 Å². The molecule has 0 bridgehead atoms. The highest BCUT2D eigenvalue weighted by Gasteiger charge is 2.23. The van der Waals surface area contributed by atoms with Gasteiger partial charge in [-0.15, -0.1) is 11.3 Å². The fraction of sp³-hybridized carbons (Fsp3) is 0.273. The Morgan fingerprint density at radius 2 is 1.81 bits per heavy atom. The van der Waals surface area contributed by atoms with Crippen LogP contribution in [0.15, 0.2) is 52.7 Å². The summed E-state index contributed by atoms with van der Waals surface area (Å²) in [6, 6.07) is 11.1. The summed E-state index contributed by atoms with van der Waals surface area (Å²) in [6.07, 6.45) is 1.71. The second-order valence-electron chi connectivity index (χ2n) is 7.00. The number of carbonyl (C=O) groups excluding carboxylic acids is 1. The molecule has 3 rings (SSSR count). The Kier molecular flexibility index (Phi) is 8.30. The number of rotatable bonds is 9. The summed E-state index contributed by atoms with van der Waals surface area (Å²) < 4.78 is 27.1. The Labute approximate surface area is 202 Å². The summed E-state index contributed by atoms with van der Waals surface area (Å²) in [5, 5.41) is 5.85. The topological polar surface area (TPSA) is 79.4 Å². The first kappa shape index (κ1) is 24.7. The van der Waals surface area contributed by atoms with E-state index in [1.165, 1.54) is 39.9 Å². The number of nitrogens with zero attached hydrogens (tertiary/aromatic N) is 2. The van der Waals surface area contributed by atoms with Crippen molar-refractivity contribution in [3.63, 3.8) is 0 Å². The Balaban J connectivity index is 1.71. The molecule has 1 aromatic heterocycles. The van der Waals surface area contributed by atoms with Crippen molar-refractivity contribution >= 4 is 55.6 Å². The highest BCUT2D eigenvalue weighted by atomic mass is 35.5. The third-order valence-electron chi connectivity index (χ3n) is 4.81. The molecule has 32 heavy (non-hydrogen) atoms. The van der Waals surface area contributed by atoms with E-state index in [2.05, 4.69) is 10.3 Å². The lowest BCUT2D eigenvalue weighted by molar-refractivity contribution is 0.102. The van der Waals surface area contributed by atoms with Crippen LogP contribution in [0.4, 0.5) is 5.13 Å². The lowest BCUT2D eigenvalue weighted by Crippen LogP contribution is -2.31. The van der Waals surface area contributed by atoms with Crippen LogP contribution in [-0.2, 0) is 10.0 Å². The summed E-state index contributed by atoms with van der Waals surface area (Å²) in [4.78, 5) is 17.2. The van der Waals surface area contributed by atoms with Crippen molar-refractivity contribution in [2.45, 2.75) is 31.6 Å². The van der Waals surface area contributed by atoms with Gasteiger partial charge in [0.2, 0.25) is 10.0 Å². The van der Waals surface area contributed by atoms with E-state index in [1.54, 1.807) is 23.6 Å². The van der Waals surface area contributed by atoms with Crippen molar-refractivity contribution < 1.29 is 13.2 Å². The maximum atomic E-state index is 12.8. The van der Waals surface area contributed by atoms with Crippen LogP contribution < -0.4 is 5.32 Å². The third kappa shape index (κ3) is 5.68. The molecule has 0 fully saturated rings. The minimum absolute atomic E-state index is 0.170. The minimum Gasteiger partial charge on any atom is -0.298 e. The normalized spacial score (nSPS) is 11.7. The summed E-state index contributed by atoms with van der Waals surface area (Å²) in [6.45, 7) is 4.71. The van der Waals surface area contributed by atoms with Gasteiger partial charge in [-0.25, -0.2) is 13.4 Å². The molecule has 2 aromatic carbocycles. The SMILES string of the molecule is CCCCN(CC)S(=O)(=O)c1ccc(C(=O)Nc2nc(-c3ccc(Cl)c(Cl)c3)cs2)cc1. The maximum absolute atomic E-state index is 12.8. The molecule has 0 atom stereocenters. The Hall–Kier alpha value is -1.97. The van der Waals surface area contributed by atoms with Gasteiger partial charge in [0.25, 0.3) is 5.91 Å². The summed E-state index contributed by atoms with van der Waals surface area (Å²) >= 11 is 13.3. The number of hydrogen-bond donors (Lipinski definition) is 1. The van der Waals surface area contributed by atoms with Gasteiger partial charge in [-0.3, -0.25) is 10.1 Å². The fourth-order valence-corrected chi connectivity index (χ4v) is 5.50. The predicted molar refractivity (Wildman–Crippen MR) is 131 cm³/mol. The van der Waals surface area contributed by atoms with E-state index < -0.39 is 10.0 Å². The molecule has 0 radical (unpaired) electrons. The van der Waals surface area contributed by atoms with Crippen LogP contribution in [0.5, 0.6) is 0 Å². The molecule has 170 valence electrons. The second-order valence-corrected chi connectivity index (χ2v) is 10.6. The zero-order valence-electron chi connectivity index (χ0n) is 17.6. The number of unbranched alkanes of at least 4 members (excludes halogenated alkanes) is 1. The zero-order valence-corrected chi connectivity index (χ0v) is 20.8. The van der Waals surface area contributed by atoms with E-state index in [4.69, 9.17) is 23.2 Å². The fourth-order valence-electron chi connectivity index (χ4n) is 3.00. The number of nitrogens with one attached hydrogen (secondary N) is 1. The highest BCUT2D eigenvalue weighted by Crippen LogP contribution is 2.30. The number of hydrogen-bond acceptors (Lipinski definition) is 5. The Bertz CT molecular complexity index is 1200. The first-order chi connectivity index (χ1) is 15.3. The molecule has 1 N–H and O–H groups in total. The van der Waals surface area contributed by atoms with Crippen LogP contribution in [0.3, 0.4) is 0 Å². The van der Waals surface area contributed by atoms with E-state index in [0.29, 0.717) is 39.5 Å². The van der Waals surface area contributed by atoms with Crippen molar-refractivity contribution in [2.24, 2.45) is 0 Å². The first-order valence-electron chi connectivity index (χ1n) is 10.1. The zero-order chi connectivity index (χ0) is 23.3. The van der Waals surface area contributed by atoms with Gasteiger partial charge in [0.1, 0.15) is 0 Å². The number of thiazole rings is 1. The maximum Gasteiger partial charge on any atom is 0.257 e. The lowest BCUT2D eigenvalue weighted by Gasteiger charge is -2.20. The average Bonchev–Trinajstić information content (AvgIpc) is 3.24. The standard InChI is InChI=1S/C22H23Cl2N3O3S2/c1-3-5-12-27(4-2)32(29,30)17-9-6-15(7-10-17)21(28)26-22-25-20(14-31-22)16-8-11-18(23)19(24)13-16/h6-11,13-14H,3-5,12H2,1-2H3,(H,25,26,28). The molecule has 1 amide bonds. The predicted octanol–water partition coefficient (Wildman–Crippen LogP) is 6.18. The van der Waals surface area contributed by atoms with Gasteiger partial charge in [0.05, 0.1) is 20.6 Å². The van der Waals surface area contributed by atoms with Crippen molar-refractivity contribution in [1.82, 2.24) is 9.29 Å². The quantitative estimate of drug-likeness (QED) is 0.371. The number of amides is 1. The molecule has 1 heterocycles. The molecular weight excluding hydrogens is 489 g/mol. The van der Waals surface area contributed by atoms with Crippen LogP contribution in [0, 0.1) is 0 Å². The Morgan fingerprint density at radius 1 is 1.09 bits per heavy atom. The molecule has 0 saturated heterocycles. The summed E-state index contributed by atoms with van der Waals surface area (Å²) in [7, 11) is -3.59. The van der Waals surface area contributed by atoms with Gasteiger partial charge in [-0.2, -0.15) is 4.31 Å². The summed E-state index contributed by atoms with van der Waals surface area (Å²) in [5.74, 6) is -0.373. The van der Waals surface area contributed by atoms with Gasteiger partial charge in [0, 0.05) is 29.6 Å². The molecule has 0 spiro atoms. The molecule has 0 aliphatic carbocycles. The largest absolute Gasteiger partial charge is 0.298 e. The van der Waals surface area contributed by atoms with Gasteiger partial charge in [0.15, 0.2) is 5.13 Å². The molecular formula is C22H23Cl2N3O3S2. The first-order valence-corrected chi connectivity index (χ1v) is 13.2. The van der Waals surface area contributed by atoms with Crippen LogP contribution >= 0.6 is 34.5 Å². The number of sulfonamides is 1. The van der Waals surface area contributed by atoms with Crippen molar-refractivity contribution in [3.8, 4) is 11.3 Å². The number of aromatic nitrogens is 1. The van der Waals surface area contributed by atoms with Gasteiger partial charge in [-0.05, 0) is 42.8 Å². The van der Waals surface area contributed by atoms with Crippen LogP contribution in [-0.4, -0.2) is 36.7 Å². The van der Waals surface area contributed by atoms with Crippen LogP contribution in [0.2, 0.25) is 10.0 Å². The molecule has 6 nitrogen and oxygen atoms in total. The second kappa shape index (κ2) is 10.8. The van der Waals surface area contributed by atoms with Crippen molar-refractivity contribution in [1.29, 1.82) is 0 Å². The van der Waals surface area contributed by atoms with E-state index in [0.717, 1.165) is 18.4 Å². The molecule has 0 aliphatic heterocycles. The average molecular weight is 512 g/mol. The van der Waals surface area contributed by atoms with E-state index in [9.17, 15) is 13.2 Å². The van der Waals surface area contributed by atoms with Crippen molar-refractivity contribution in [3.05, 3.63) is 63.5 Å². The number of benzene rings is 2. The van der Waals surface area contributed by atoms with Crippen LogP contribution in [0.25, 0.3) is 11.3 Å².